The van der Waals surface area contributed by atoms with Crippen molar-refractivity contribution in [2.45, 2.75) is 4.90 Å². The number of methoxy groups -OCH3 is 1. The van der Waals surface area contributed by atoms with Crippen molar-refractivity contribution in [3.63, 3.8) is 0 Å². The third-order valence-corrected chi connectivity index (χ3v) is 4.16. The smallest absolute Gasteiger partial charge is 0.237 e. The van der Waals surface area contributed by atoms with Crippen LogP contribution in [0.3, 0.4) is 0 Å². The second-order valence-corrected chi connectivity index (χ2v) is 5.70. The van der Waals surface area contributed by atoms with Gasteiger partial charge >= 0.3 is 0 Å². The molecule has 110 valence electrons. The van der Waals surface area contributed by atoms with Crippen LogP contribution in [0.15, 0.2) is 53.4 Å². The van der Waals surface area contributed by atoms with Crippen molar-refractivity contribution >= 4 is 28.1 Å². The van der Waals surface area contributed by atoms with E-state index < -0.39 is 10.8 Å². The maximum Gasteiger partial charge on any atom is 0.237 e. The van der Waals surface area contributed by atoms with Crippen LogP contribution in [0, 0.1) is 0 Å². The van der Waals surface area contributed by atoms with Crippen LogP contribution >= 0.6 is 0 Å². The van der Waals surface area contributed by atoms with Gasteiger partial charge in [0, 0.05) is 0 Å². The molecule has 0 fully saturated rings. The van der Waals surface area contributed by atoms with Gasteiger partial charge in [-0.25, -0.2) is 0 Å². The Morgan fingerprint density at radius 2 is 1.86 bits per heavy atom. The minimum Gasteiger partial charge on any atom is -0.495 e. The van der Waals surface area contributed by atoms with Gasteiger partial charge in [-0.2, -0.15) is 0 Å². The zero-order valence-electron chi connectivity index (χ0n) is 11.5. The average molecular weight is 304 g/mol. The third-order valence-electron chi connectivity index (χ3n) is 2.81. The van der Waals surface area contributed by atoms with Gasteiger partial charge in [0.15, 0.2) is 0 Å². The van der Waals surface area contributed by atoms with Crippen LogP contribution in [0.4, 0.5) is 11.4 Å². The Morgan fingerprint density at radius 1 is 1.19 bits per heavy atom. The highest BCUT2D eigenvalue weighted by atomic mass is 32.2. The molecule has 0 spiro atoms. The molecule has 6 heteroatoms. The molecule has 0 heterocycles. The summed E-state index contributed by atoms with van der Waals surface area (Å²) < 4.78 is 17.4. The van der Waals surface area contributed by atoms with Gasteiger partial charge in [-0.1, -0.05) is 24.3 Å². The van der Waals surface area contributed by atoms with Gasteiger partial charge in [0.1, 0.15) is 11.5 Å². The van der Waals surface area contributed by atoms with E-state index in [0.29, 0.717) is 22.0 Å². The summed E-state index contributed by atoms with van der Waals surface area (Å²) in [5, 5.41) is 2.65. The number of nitrogen functional groups attached to an aromatic ring is 1. The normalized spacial score (nSPS) is 11.7. The van der Waals surface area contributed by atoms with Crippen molar-refractivity contribution in [2.75, 3.05) is 23.9 Å². The lowest BCUT2D eigenvalue weighted by atomic mass is 10.3. The van der Waals surface area contributed by atoms with E-state index in [4.69, 9.17) is 10.5 Å². The number of hydrogen-bond acceptors (Lipinski definition) is 4. The number of anilines is 2. The van der Waals surface area contributed by atoms with Gasteiger partial charge in [-0.05, 0) is 24.3 Å². The number of nitrogens with one attached hydrogen (secondary N) is 1. The maximum absolute atomic E-state index is 12.2. The van der Waals surface area contributed by atoms with Gasteiger partial charge in [0.2, 0.25) is 5.91 Å². The zero-order chi connectivity index (χ0) is 15.2. The minimum absolute atomic E-state index is 0.158. The molecule has 0 saturated carbocycles. The second kappa shape index (κ2) is 6.90. The van der Waals surface area contributed by atoms with E-state index in [-0.39, 0.29) is 11.7 Å². The van der Waals surface area contributed by atoms with E-state index in [1.165, 1.54) is 7.11 Å². The molecular formula is C15H16N2O3S. The lowest BCUT2D eigenvalue weighted by Gasteiger charge is -2.09. The molecule has 21 heavy (non-hydrogen) atoms. The van der Waals surface area contributed by atoms with E-state index >= 15 is 0 Å². The molecule has 0 aliphatic heterocycles. The number of carbonyl (C=O) groups excluding carboxylic acids is 1. The molecule has 1 amide bonds. The highest BCUT2D eigenvalue weighted by Gasteiger charge is 2.14. The van der Waals surface area contributed by atoms with E-state index in [1.54, 1.807) is 48.5 Å². The Balaban J connectivity index is 2.06. The van der Waals surface area contributed by atoms with E-state index in [0.717, 1.165) is 0 Å². The van der Waals surface area contributed by atoms with Gasteiger partial charge in [-0.3, -0.25) is 9.00 Å². The largest absolute Gasteiger partial charge is 0.495 e. The molecule has 2 aromatic rings. The van der Waals surface area contributed by atoms with Crippen LogP contribution < -0.4 is 15.8 Å². The summed E-state index contributed by atoms with van der Waals surface area (Å²) in [6.07, 6.45) is 0. The molecule has 0 aliphatic carbocycles. The molecule has 5 nitrogen and oxygen atoms in total. The maximum atomic E-state index is 12.2. The average Bonchev–Trinajstić information content (AvgIpc) is 2.49. The van der Waals surface area contributed by atoms with E-state index in [1.807, 2.05) is 0 Å². The molecule has 2 rings (SSSR count). The second-order valence-electron chi connectivity index (χ2n) is 4.28. The highest BCUT2D eigenvalue weighted by molar-refractivity contribution is 7.85. The Kier molecular flexibility index (Phi) is 4.94. The van der Waals surface area contributed by atoms with Crippen molar-refractivity contribution in [1.82, 2.24) is 0 Å². The quantitative estimate of drug-likeness (QED) is 0.828. The monoisotopic (exact) mass is 304 g/mol. The number of hydrogen-bond donors (Lipinski definition) is 2. The Morgan fingerprint density at radius 3 is 2.57 bits per heavy atom. The molecule has 0 saturated heterocycles. The van der Waals surface area contributed by atoms with E-state index in [9.17, 15) is 9.00 Å². The molecule has 2 aromatic carbocycles. The SMILES string of the molecule is COc1ccccc1S(=O)CC(=O)Nc1ccccc1N. The van der Waals surface area contributed by atoms with Crippen LogP contribution in [0.25, 0.3) is 0 Å². The number of rotatable bonds is 5. The number of carbonyl (C=O) groups is 1. The predicted molar refractivity (Wildman–Crippen MR) is 83.8 cm³/mol. The zero-order valence-corrected chi connectivity index (χ0v) is 12.4. The molecule has 0 bridgehead atoms. The fourth-order valence-corrected chi connectivity index (χ4v) is 2.87. The molecule has 3 N–H and O–H groups in total. The van der Waals surface area contributed by atoms with Crippen LogP contribution in [-0.2, 0) is 15.6 Å². The van der Waals surface area contributed by atoms with Crippen molar-refractivity contribution in [3.05, 3.63) is 48.5 Å². The summed E-state index contributed by atoms with van der Waals surface area (Å²) in [4.78, 5) is 12.4. The Hall–Kier alpha value is -2.34. The Labute approximate surface area is 125 Å². The first kappa shape index (κ1) is 15.1. The van der Waals surface area contributed by atoms with Crippen molar-refractivity contribution in [1.29, 1.82) is 0 Å². The molecule has 1 atom stereocenters. The van der Waals surface area contributed by atoms with Gasteiger partial charge in [0.25, 0.3) is 0 Å². The fourth-order valence-electron chi connectivity index (χ4n) is 1.80. The number of nitrogens with two attached hydrogens (primary N) is 1. The van der Waals surface area contributed by atoms with Gasteiger partial charge in [-0.15, -0.1) is 0 Å². The van der Waals surface area contributed by atoms with Crippen molar-refractivity contribution in [3.8, 4) is 5.75 Å². The first-order chi connectivity index (χ1) is 10.1. The van der Waals surface area contributed by atoms with Gasteiger partial charge in [0.05, 0.1) is 34.2 Å². The first-order valence-electron chi connectivity index (χ1n) is 6.27. The van der Waals surface area contributed by atoms with Crippen LogP contribution in [0.5, 0.6) is 5.75 Å². The standard InChI is InChI=1S/C15H16N2O3S/c1-20-13-8-4-5-9-14(13)21(19)10-15(18)17-12-7-3-2-6-11(12)16/h2-9H,10,16H2,1H3,(H,17,18). The number of amides is 1. The summed E-state index contributed by atoms with van der Waals surface area (Å²) in [5.41, 5.74) is 6.73. The van der Waals surface area contributed by atoms with Crippen LogP contribution in [0.1, 0.15) is 0 Å². The van der Waals surface area contributed by atoms with Crippen LogP contribution in [0.2, 0.25) is 0 Å². The lowest BCUT2D eigenvalue weighted by molar-refractivity contribution is -0.113. The number of ether oxygens (including phenoxy) is 1. The molecule has 0 aromatic heterocycles. The summed E-state index contributed by atoms with van der Waals surface area (Å²) in [6.45, 7) is 0. The summed E-state index contributed by atoms with van der Waals surface area (Å²) in [7, 11) is 0.0177. The van der Waals surface area contributed by atoms with Gasteiger partial charge < -0.3 is 15.8 Å². The first-order valence-corrected chi connectivity index (χ1v) is 7.59. The molecule has 0 aliphatic rings. The predicted octanol–water partition coefficient (Wildman–Crippen LogP) is 2.02. The third kappa shape index (κ3) is 3.82. The molecule has 1 unspecified atom stereocenters. The van der Waals surface area contributed by atoms with E-state index in [2.05, 4.69) is 5.32 Å². The molecule has 0 radical (unpaired) electrons. The summed E-state index contributed by atoms with van der Waals surface area (Å²) in [5.74, 6) is -0.0191. The fraction of sp³-hybridized carbons (Fsp3) is 0.133. The Bertz CT molecular complexity index is 673. The number of benzene rings is 2. The highest BCUT2D eigenvalue weighted by Crippen LogP contribution is 2.22. The van der Waals surface area contributed by atoms with Crippen molar-refractivity contribution < 1.29 is 13.7 Å². The summed E-state index contributed by atoms with van der Waals surface area (Å²) >= 11 is 0. The topological polar surface area (TPSA) is 81.4 Å². The number of para-hydroxylation sites is 3. The van der Waals surface area contributed by atoms with Crippen LogP contribution in [-0.4, -0.2) is 23.0 Å². The summed E-state index contributed by atoms with van der Waals surface area (Å²) in [6, 6.07) is 13.8. The minimum atomic E-state index is -1.48. The lowest BCUT2D eigenvalue weighted by Crippen LogP contribution is -2.20. The molecular weight excluding hydrogens is 288 g/mol. The van der Waals surface area contributed by atoms with Crippen molar-refractivity contribution in [2.24, 2.45) is 0 Å².